The monoisotopic (exact) mass is 331 g/mol. The number of fused-ring (bicyclic) bond motifs is 1. The number of hydrogen-bond donors (Lipinski definition) is 2. The maximum Gasteiger partial charge on any atom is 0.337 e. The van der Waals surface area contributed by atoms with Crippen molar-refractivity contribution < 1.29 is 9.90 Å². The summed E-state index contributed by atoms with van der Waals surface area (Å²) in [6, 6.07) is 14.6. The molecule has 3 aromatic rings. The lowest BCUT2D eigenvalue weighted by molar-refractivity contribution is 0.0699. The lowest BCUT2D eigenvalue weighted by Gasteiger charge is -2.10. The van der Waals surface area contributed by atoms with E-state index in [0.717, 1.165) is 10.9 Å². The van der Waals surface area contributed by atoms with Gasteiger partial charge in [-0.05, 0) is 29.5 Å². The van der Waals surface area contributed by atoms with Crippen LogP contribution in [0.4, 0.5) is 11.5 Å². The number of rotatable bonds is 4. The Labute approximate surface area is 144 Å². The molecule has 0 aliphatic heterocycles. The van der Waals surface area contributed by atoms with E-state index in [9.17, 15) is 9.90 Å². The number of nitrogens with zero attached hydrogens (tertiary/aromatic N) is 2. The molecule has 0 aliphatic rings. The SMILES string of the molecule is C=c1/c(=C\C=N/C)c(Nc2ccccc2)nc2c(C(=O)O)cccc12. The summed E-state index contributed by atoms with van der Waals surface area (Å²) in [5.41, 5.74) is 1.41. The van der Waals surface area contributed by atoms with Crippen LogP contribution < -0.4 is 15.8 Å². The van der Waals surface area contributed by atoms with Gasteiger partial charge in [-0.2, -0.15) is 0 Å². The molecule has 0 spiro atoms. The van der Waals surface area contributed by atoms with Crippen LogP contribution in [0.5, 0.6) is 0 Å². The summed E-state index contributed by atoms with van der Waals surface area (Å²) in [7, 11) is 1.68. The van der Waals surface area contributed by atoms with Crippen molar-refractivity contribution in [3.63, 3.8) is 0 Å². The molecule has 0 atom stereocenters. The number of carbonyl (C=O) groups is 1. The molecule has 0 fully saturated rings. The fourth-order valence-corrected chi connectivity index (χ4v) is 2.62. The van der Waals surface area contributed by atoms with Crippen molar-refractivity contribution in [3.05, 3.63) is 64.5 Å². The summed E-state index contributed by atoms with van der Waals surface area (Å²) in [5, 5.41) is 14.9. The van der Waals surface area contributed by atoms with E-state index in [1.165, 1.54) is 0 Å². The first-order valence-corrected chi connectivity index (χ1v) is 7.71. The number of para-hydroxylation sites is 2. The van der Waals surface area contributed by atoms with Gasteiger partial charge in [0.25, 0.3) is 0 Å². The third kappa shape index (κ3) is 3.26. The first-order chi connectivity index (χ1) is 12.1. The first kappa shape index (κ1) is 16.4. The van der Waals surface area contributed by atoms with Crippen LogP contribution in [-0.2, 0) is 0 Å². The van der Waals surface area contributed by atoms with E-state index in [1.807, 2.05) is 42.5 Å². The predicted octanol–water partition coefficient (Wildman–Crippen LogP) is 2.57. The van der Waals surface area contributed by atoms with Crippen molar-refractivity contribution in [2.45, 2.75) is 0 Å². The second-order valence-electron chi connectivity index (χ2n) is 5.42. The molecule has 0 bridgehead atoms. The number of carboxylic acid groups (broad SMARTS) is 1. The molecular formula is C20H17N3O2. The van der Waals surface area contributed by atoms with Gasteiger partial charge in [0.05, 0.1) is 11.1 Å². The van der Waals surface area contributed by atoms with Gasteiger partial charge in [-0.25, -0.2) is 9.78 Å². The number of aliphatic imine (C=N–C) groups is 1. The largest absolute Gasteiger partial charge is 0.478 e. The number of hydrogen-bond acceptors (Lipinski definition) is 4. The highest BCUT2D eigenvalue weighted by molar-refractivity contribution is 6.03. The van der Waals surface area contributed by atoms with E-state index in [-0.39, 0.29) is 5.56 Å². The quantitative estimate of drug-likeness (QED) is 0.721. The van der Waals surface area contributed by atoms with Crippen LogP contribution in [0, 0.1) is 0 Å². The fourth-order valence-electron chi connectivity index (χ4n) is 2.62. The van der Waals surface area contributed by atoms with E-state index in [0.29, 0.717) is 21.9 Å². The predicted molar refractivity (Wildman–Crippen MR) is 102 cm³/mol. The van der Waals surface area contributed by atoms with Gasteiger partial charge in [-0.3, -0.25) is 4.99 Å². The van der Waals surface area contributed by atoms with Crippen LogP contribution in [-0.4, -0.2) is 29.3 Å². The van der Waals surface area contributed by atoms with E-state index in [2.05, 4.69) is 21.9 Å². The summed E-state index contributed by atoms with van der Waals surface area (Å²) in [5.74, 6) is -0.479. The molecular weight excluding hydrogens is 314 g/mol. The molecule has 0 saturated heterocycles. The van der Waals surface area contributed by atoms with Crippen LogP contribution in [0.2, 0.25) is 0 Å². The van der Waals surface area contributed by atoms with E-state index in [1.54, 1.807) is 25.4 Å². The molecule has 0 amide bonds. The number of aromatic nitrogens is 1. The Balaban J connectivity index is 2.34. The maximum absolute atomic E-state index is 11.5. The summed E-state index contributed by atoms with van der Waals surface area (Å²) in [6.45, 7) is 4.14. The van der Waals surface area contributed by atoms with Crippen molar-refractivity contribution in [1.29, 1.82) is 0 Å². The standard InChI is InChI=1S/C20H17N3O2/c1-13-15-9-6-10-17(20(24)25)18(15)23-19(16(13)11-12-21-2)22-14-7-4-3-5-8-14/h3-12H,1H2,2H3,(H,22,23)(H,24,25)/b16-11+,21-12-. The third-order valence-corrected chi connectivity index (χ3v) is 3.82. The number of anilines is 2. The van der Waals surface area contributed by atoms with Crippen molar-refractivity contribution in [3.8, 4) is 0 Å². The van der Waals surface area contributed by atoms with Crippen LogP contribution in [0.3, 0.4) is 0 Å². The second-order valence-corrected chi connectivity index (χ2v) is 5.42. The van der Waals surface area contributed by atoms with Crippen molar-refractivity contribution in [2.75, 3.05) is 12.4 Å². The Morgan fingerprint density at radius 1 is 1.20 bits per heavy atom. The number of carboxylic acids is 1. The Kier molecular flexibility index (Phi) is 4.57. The Morgan fingerprint density at radius 3 is 2.64 bits per heavy atom. The van der Waals surface area contributed by atoms with Crippen LogP contribution in [0.15, 0.2) is 53.5 Å². The Hall–Kier alpha value is -3.47. The molecule has 25 heavy (non-hydrogen) atoms. The van der Waals surface area contributed by atoms with Gasteiger partial charge in [0.2, 0.25) is 0 Å². The number of nitrogens with one attached hydrogen (secondary N) is 1. The average Bonchev–Trinajstić information content (AvgIpc) is 2.62. The molecule has 2 aromatic carbocycles. The van der Waals surface area contributed by atoms with Crippen LogP contribution in [0.25, 0.3) is 23.6 Å². The minimum atomic E-state index is -1.02. The number of pyridine rings is 1. The normalized spacial score (nSPS) is 12.0. The van der Waals surface area contributed by atoms with Gasteiger partial charge in [-0.1, -0.05) is 36.9 Å². The summed E-state index contributed by atoms with van der Waals surface area (Å²) < 4.78 is 0. The highest BCUT2D eigenvalue weighted by Crippen LogP contribution is 2.17. The zero-order chi connectivity index (χ0) is 17.8. The summed E-state index contributed by atoms with van der Waals surface area (Å²) >= 11 is 0. The molecule has 2 N–H and O–H groups in total. The molecule has 3 rings (SSSR count). The van der Waals surface area contributed by atoms with Crippen molar-refractivity contribution in [1.82, 2.24) is 4.98 Å². The van der Waals surface area contributed by atoms with Crippen LogP contribution >= 0.6 is 0 Å². The summed E-state index contributed by atoms with van der Waals surface area (Å²) in [6.07, 6.45) is 3.47. The van der Waals surface area contributed by atoms with Gasteiger partial charge in [0.15, 0.2) is 0 Å². The molecule has 0 unspecified atom stereocenters. The van der Waals surface area contributed by atoms with E-state index >= 15 is 0 Å². The molecule has 0 radical (unpaired) electrons. The lowest BCUT2D eigenvalue weighted by Crippen LogP contribution is -2.29. The van der Waals surface area contributed by atoms with Gasteiger partial charge < -0.3 is 10.4 Å². The second kappa shape index (κ2) is 6.97. The van der Waals surface area contributed by atoms with Gasteiger partial charge in [-0.15, -0.1) is 0 Å². The van der Waals surface area contributed by atoms with Crippen molar-refractivity contribution in [2.24, 2.45) is 4.99 Å². The summed E-state index contributed by atoms with van der Waals surface area (Å²) in [4.78, 5) is 20.1. The van der Waals surface area contributed by atoms with Gasteiger partial charge in [0, 0.05) is 29.6 Å². The molecule has 5 nitrogen and oxygen atoms in total. The Bertz CT molecular complexity index is 1070. The molecule has 0 aliphatic carbocycles. The average molecular weight is 331 g/mol. The van der Waals surface area contributed by atoms with Gasteiger partial charge >= 0.3 is 5.97 Å². The number of benzene rings is 2. The molecule has 1 aromatic heterocycles. The highest BCUT2D eigenvalue weighted by atomic mass is 16.4. The molecule has 1 heterocycles. The zero-order valence-electron chi connectivity index (χ0n) is 13.7. The maximum atomic E-state index is 11.5. The first-order valence-electron chi connectivity index (χ1n) is 7.71. The molecule has 5 heteroatoms. The minimum absolute atomic E-state index is 0.147. The van der Waals surface area contributed by atoms with Crippen LogP contribution in [0.1, 0.15) is 10.4 Å². The van der Waals surface area contributed by atoms with E-state index in [4.69, 9.17) is 0 Å². The van der Waals surface area contributed by atoms with Crippen molar-refractivity contribution >= 4 is 47.2 Å². The lowest BCUT2D eigenvalue weighted by atomic mass is 10.1. The number of aromatic carboxylic acids is 1. The smallest absolute Gasteiger partial charge is 0.337 e. The molecule has 124 valence electrons. The van der Waals surface area contributed by atoms with Gasteiger partial charge in [0.1, 0.15) is 5.82 Å². The Morgan fingerprint density at radius 2 is 1.96 bits per heavy atom. The third-order valence-electron chi connectivity index (χ3n) is 3.82. The fraction of sp³-hybridized carbons (Fsp3) is 0.0500. The van der Waals surface area contributed by atoms with E-state index < -0.39 is 5.97 Å². The minimum Gasteiger partial charge on any atom is -0.478 e. The zero-order valence-corrected chi connectivity index (χ0v) is 13.7. The highest BCUT2D eigenvalue weighted by Gasteiger charge is 2.12. The topological polar surface area (TPSA) is 74.6 Å². The molecule has 0 saturated carbocycles.